The molecule has 3 aromatic rings. The molecule has 82 valence electrons. The minimum Gasteiger partial charge on any atom is -0.367 e. The normalized spacial score (nSPS) is 11.3. The van der Waals surface area contributed by atoms with Crippen LogP contribution in [0.3, 0.4) is 0 Å². The molecule has 0 amide bonds. The van der Waals surface area contributed by atoms with Gasteiger partial charge in [0.15, 0.2) is 0 Å². The molecule has 0 unspecified atom stereocenters. The van der Waals surface area contributed by atoms with Crippen LogP contribution in [0.15, 0.2) is 48.9 Å². The Balaban J connectivity index is 1.96. The molecule has 0 saturated heterocycles. The highest BCUT2D eigenvalue weighted by Gasteiger charge is 1.95. The molecule has 0 aliphatic carbocycles. The number of rotatable bonds is 2. The molecule has 0 aliphatic rings. The standard InChI is InChI=1S/C14H11N3/c1-2-4-14-13(3-1)16-10-12(17-14)6-5-11-7-8-15-9-11/h1-10,15H. The Morgan fingerprint density at radius 1 is 1.00 bits per heavy atom. The molecule has 0 bridgehead atoms. The number of hydrogen-bond acceptors (Lipinski definition) is 2. The second kappa shape index (κ2) is 4.22. The molecule has 3 nitrogen and oxygen atoms in total. The van der Waals surface area contributed by atoms with Crippen LogP contribution in [-0.4, -0.2) is 15.0 Å². The molecular formula is C14H11N3. The third-order valence-electron chi connectivity index (χ3n) is 2.54. The molecule has 1 N–H and O–H groups in total. The molecule has 2 heterocycles. The quantitative estimate of drug-likeness (QED) is 0.722. The molecule has 0 spiro atoms. The summed E-state index contributed by atoms with van der Waals surface area (Å²) in [6.07, 6.45) is 9.58. The fourth-order valence-corrected chi connectivity index (χ4v) is 1.67. The number of H-pyrrole nitrogens is 1. The summed E-state index contributed by atoms with van der Waals surface area (Å²) in [7, 11) is 0. The van der Waals surface area contributed by atoms with Gasteiger partial charge in [0.2, 0.25) is 0 Å². The monoisotopic (exact) mass is 221 g/mol. The van der Waals surface area contributed by atoms with Crippen molar-refractivity contribution < 1.29 is 0 Å². The summed E-state index contributed by atoms with van der Waals surface area (Å²) in [5.74, 6) is 0. The first-order valence-electron chi connectivity index (χ1n) is 5.44. The fourth-order valence-electron chi connectivity index (χ4n) is 1.67. The van der Waals surface area contributed by atoms with E-state index in [-0.39, 0.29) is 0 Å². The van der Waals surface area contributed by atoms with Crippen LogP contribution in [0.25, 0.3) is 23.2 Å². The van der Waals surface area contributed by atoms with Gasteiger partial charge in [-0.1, -0.05) is 18.2 Å². The van der Waals surface area contributed by atoms with E-state index in [1.54, 1.807) is 6.20 Å². The van der Waals surface area contributed by atoms with E-state index in [2.05, 4.69) is 15.0 Å². The Morgan fingerprint density at radius 2 is 1.88 bits per heavy atom. The fraction of sp³-hybridized carbons (Fsp3) is 0. The maximum absolute atomic E-state index is 4.52. The van der Waals surface area contributed by atoms with Gasteiger partial charge in [-0.2, -0.15) is 0 Å². The zero-order chi connectivity index (χ0) is 11.5. The lowest BCUT2D eigenvalue weighted by Crippen LogP contribution is -1.86. The Morgan fingerprint density at radius 3 is 2.71 bits per heavy atom. The Bertz CT molecular complexity index is 654. The summed E-state index contributed by atoms with van der Waals surface area (Å²) in [5.41, 5.74) is 3.83. The van der Waals surface area contributed by atoms with Crippen molar-refractivity contribution in [2.75, 3.05) is 0 Å². The predicted molar refractivity (Wildman–Crippen MR) is 69.3 cm³/mol. The van der Waals surface area contributed by atoms with Crippen molar-refractivity contribution in [3.8, 4) is 0 Å². The summed E-state index contributed by atoms with van der Waals surface area (Å²) < 4.78 is 0. The van der Waals surface area contributed by atoms with E-state index in [4.69, 9.17) is 0 Å². The van der Waals surface area contributed by atoms with Gasteiger partial charge in [-0.05, 0) is 29.8 Å². The first-order valence-corrected chi connectivity index (χ1v) is 5.44. The largest absolute Gasteiger partial charge is 0.367 e. The van der Waals surface area contributed by atoms with Crippen molar-refractivity contribution in [2.24, 2.45) is 0 Å². The molecule has 2 aromatic heterocycles. The van der Waals surface area contributed by atoms with E-state index in [1.165, 1.54) is 0 Å². The van der Waals surface area contributed by atoms with E-state index in [1.807, 2.05) is 54.9 Å². The highest BCUT2D eigenvalue weighted by molar-refractivity contribution is 5.76. The summed E-state index contributed by atoms with van der Waals surface area (Å²) in [4.78, 5) is 11.9. The highest BCUT2D eigenvalue weighted by atomic mass is 14.8. The number of para-hydroxylation sites is 2. The van der Waals surface area contributed by atoms with Gasteiger partial charge in [0.05, 0.1) is 22.9 Å². The van der Waals surface area contributed by atoms with Crippen LogP contribution < -0.4 is 0 Å². The van der Waals surface area contributed by atoms with E-state index in [9.17, 15) is 0 Å². The maximum Gasteiger partial charge on any atom is 0.0894 e. The zero-order valence-electron chi connectivity index (χ0n) is 9.17. The number of nitrogens with zero attached hydrogens (tertiary/aromatic N) is 2. The van der Waals surface area contributed by atoms with Gasteiger partial charge in [-0.3, -0.25) is 4.98 Å². The Hall–Kier alpha value is -2.42. The molecule has 0 fully saturated rings. The Kier molecular flexibility index (Phi) is 2.43. The molecule has 0 radical (unpaired) electrons. The van der Waals surface area contributed by atoms with E-state index in [0.29, 0.717) is 0 Å². The molecule has 0 atom stereocenters. The molecule has 3 rings (SSSR count). The summed E-state index contributed by atoms with van der Waals surface area (Å²) >= 11 is 0. The van der Waals surface area contributed by atoms with Crippen LogP contribution >= 0.6 is 0 Å². The van der Waals surface area contributed by atoms with Crippen LogP contribution in [0.4, 0.5) is 0 Å². The van der Waals surface area contributed by atoms with Crippen molar-refractivity contribution in [1.82, 2.24) is 15.0 Å². The summed E-state index contributed by atoms with van der Waals surface area (Å²) in [6.45, 7) is 0. The number of aromatic amines is 1. The smallest absolute Gasteiger partial charge is 0.0894 e. The van der Waals surface area contributed by atoms with Crippen LogP contribution in [0, 0.1) is 0 Å². The van der Waals surface area contributed by atoms with Gasteiger partial charge in [0, 0.05) is 12.4 Å². The second-order valence-corrected chi connectivity index (χ2v) is 3.76. The van der Waals surface area contributed by atoms with Crippen LogP contribution in [0.2, 0.25) is 0 Å². The predicted octanol–water partition coefficient (Wildman–Crippen LogP) is 3.13. The van der Waals surface area contributed by atoms with Gasteiger partial charge in [-0.25, -0.2) is 4.98 Å². The van der Waals surface area contributed by atoms with Crippen molar-refractivity contribution in [1.29, 1.82) is 0 Å². The zero-order valence-corrected chi connectivity index (χ0v) is 9.17. The molecule has 0 saturated carbocycles. The van der Waals surface area contributed by atoms with Crippen LogP contribution in [-0.2, 0) is 0 Å². The molecular weight excluding hydrogens is 210 g/mol. The average molecular weight is 221 g/mol. The SMILES string of the molecule is C(=Cc1cnc2ccccc2n1)c1cc[nH]c1. The van der Waals surface area contributed by atoms with Gasteiger partial charge in [-0.15, -0.1) is 0 Å². The van der Waals surface area contributed by atoms with E-state index in [0.717, 1.165) is 22.3 Å². The van der Waals surface area contributed by atoms with Crippen molar-refractivity contribution in [3.63, 3.8) is 0 Å². The maximum atomic E-state index is 4.52. The minimum atomic E-state index is 0.866. The third-order valence-corrected chi connectivity index (χ3v) is 2.54. The molecule has 3 heteroatoms. The lowest BCUT2D eigenvalue weighted by atomic mass is 10.2. The average Bonchev–Trinajstić information content (AvgIpc) is 2.89. The first-order chi connectivity index (χ1) is 8.42. The lowest BCUT2D eigenvalue weighted by Gasteiger charge is -1.97. The lowest BCUT2D eigenvalue weighted by molar-refractivity contribution is 1.27. The molecule has 17 heavy (non-hydrogen) atoms. The second-order valence-electron chi connectivity index (χ2n) is 3.76. The molecule has 0 aliphatic heterocycles. The molecule has 1 aromatic carbocycles. The van der Waals surface area contributed by atoms with Gasteiger partial charge in [0.1, 0.15) is 0 Å². The van der Waals surface area contributed by atoms with Crippen LogP contribution in [0.1, 0.15) is 11.3 Å². The van der Waals surface area contributed by atoms with Gasteiger partial charge < -0.3 is 4.98 Å². The van der Waals surface area contributed by atoms with Gasteiger partial charge in [0.25, 0.3) is 0 Å². The van der Waals surface area contributed by atoms with E-state index < -0.39 is 0 Å². The van der Waals surface area contributed by atoms with Crippen molar-refractivity contribution in [3.05, 3.63) is 60.2 Å². The summed E-state index contributed by atoms with van der Waals surface area (Å²) in [6, 6.07) is 9.87. The number of aromatic nitrogens is 3. The summed E-state index contributed by atoms with van der Waals surface area (Å²) in [5, 5.41) is 0. The highest BCUT2D eigenvalue weighted by Crippen LogP contribution is 2.10. The first kappa shape index (κ1) is 9.78. The Labute approximate surface area is 98.9 Å². The topological polar surface area (TPSA) is 41.6 Å². The number of nitrogens with one attached hydrogen (secondary N) is 1. The van der Waals surface area contributed by atoms with Crippen molar-refractivity contribution in [2.45, 2.75) is 0 Å². The van der Waals surface area contributed by atoms with E-state index >= 15 is 0 Å². The van der Waals surface area contributed by atoms with Crippen LogP contribution in [0.5, 0.6) is 0 Å². The number of benzene rings is 1. The number of fused-ring (bicyclic) bond motifs is 1. The van der Waals surface area contributed by atoms with Crippen molar-refractivity contribution >= 4 is 23.2 Å². The minimum absolute atomic E-state index is 0.866. The van der Waals surface area contributed by atoms with Gasteiger partial charge >= 0.3 is 0 Å². The number of hydrogen-bond donors (Lipinski definition) is 1. The third kappa shape index (κ3) is 2.08.